The molecule has 1 fully saturated rings. The van der Waals surface area contributed by atoms with Gasteiger partial charge in [-0.1, -0.05) is 6.07 Å². The summed E-state index contributed by atoms with van der Waals surface area (Å²) in [5.41, 5.74) is 0. The van der Waals surface area contributed by atoms with Crippen LogP contribution in [0.3, 0.4) is 0 Å². The number of hydrogen-bond donors (Lipinski definition) is 2. The Morgan fingerprint density at radius 1 is 1.67 bits per heavy atom. The third kappa shape index (κ3) is 3.30. The second kappa shape index (κ2) is 5.64. The SMILES string of the molecule is C[C@@H](NC[C@H]1CCCNC1)c1cccs1. The molecule has 2 atom stereocenters. The van der Waals surface area contributed by atoms with Gasteiger partial charge in [0, 0.05) is 10.9 Å². The van der Waals surface area contributed by atoms with Crippen LogP contribution in [-0.2, 0) is 0 Å². The molecule has 1 saturated heterocycles. The van der Waals surface area contributed by atoms with Crippen LogP contribution in [0, 0.1) is 5.92 Å². The monoisotopic (exact) mass is 224 g/mol. The Balaban J connectivity index is 1.73. The Morgan fingerprint density at radius 3 is 3.27 bits per heavy atom. The first kappa shape index (κ1) is 11.1. The lowest BCUT2D eigenvalue weighted by Gasteiger charge is -2.24. The molecule has 1 aromatic rings. The summed E-state index contributed by atoms with van der Waals surface area (Å²) in [6.45, 7) is 5.79. The molecular formula is C12H20N2S. The van der Waals surface area contributed by atoms with Gasteiger partial charge in [0.25, 0.3) is 0 Å². The van der Waals surface area contributed by atoms with E-state index in [1.165, 1.54) is 30.8 Å². The highest BCUT2D eigenvalue weighted by molar-refractivity contribution is 7.10. The van der Waals surface area contributed by atoms with E-state index in [0.29, 0.717) is 6.04 Å². The topological polar surface area (TPSA) is 24.1 Å². The average Bonchev–Trinajstić information content (AvgIpc) is 2.81. The zero-order valence-electron chi connectivity index (χ0n) is 9.33. The van der Waals surface area contributed by atoms with E-state index in [2.05, 4.69) is 35.1 Å². The Bertz CT molecular complexity index is 265. The molecule has 0 radical (unpaired) electrons. The lowest BCUT2D eigenvalue weighted by atomic mass is 9.99. The van der Waals surface area contributed by atoms with E-state index < -0.39 is 0 Å². The summed E-state index contributed by atoms with van der Waals surface area (Å²) in [5.74, 6) is 0.821. The fourth-order valence-corrected chi connectivity index (χ4v) is 2.84. The first-order valence-corrected chi connectivity index (χ1v) is 6.71. The smallest absolute Gasteiger partial charge is 0.0386 e. The highest BCUT2D eigenvalue weighted by Gasteiger charge is 2.14. The van der Waals surface area contributed by atoms with Crippen molar-refractivity contribution >= 4 is 11.3 Å². The van der Waals surface area contributed by atoms with Gasteiger partial charge in [0.05, 0.1) is 0 Å². The van der Waals surface area contributed by atoms with E-state index in [1.54, 1.807) is 0 Å². The Morgan fingerprint density at radius 2 is 2.60 bits per heavy atom. The van der Waals surface area contributed by atoms with Gasteiger partial charge in [0.15, 0.2) is 0 Å². The van der Waals surface area contributed by atoms with Crippen molar-refractivity contribution in [2.75, 3.05) is 19.6 Å². The molecule has 0 amide bonds. The second-order valence-electron chi connectivity index (χ2n) is 4.36. The maximum atomic E-state index is 3.63. The van der Waals surface area contributed by atoms with Gasteiger partial charge >= 0.3 is 0 Å². The molecule has 0 spiro atoms. The molecule has 3 heteroatoms. The molecule has 0 unspecified atom stereocenters. The van der Waals surface area contributed by atoms with Crippen molar-refractivity contribution < 1.29 is 0 Å². The summed E-state index contributed by atoms with van der Waals surface area (Å²) >= 11 is 1.84. The number of piperidine rings is 1. The summed E-state index contributed by atoms with van der Waals surface area (Å²) in [7, 11) is 0. The number of rotatable bonds is 4. The van der Waals surface area contributed by atoms with Crippen molar-refractivity contribution in [3.05, 3.63) is 22.4 Å². The van der Waals surface area contributed by atoms with Gasteiger partial charge in [-0.2, -0.15) is 0 Å². The summed E-state index contributed by atoms with van der Waals surface area (Å²) in [6, 6.07) is 4.84. The van der Waals surface area contributed by atoms with Crippen molar-refractivity contribution in [3.63, 3.8) is 0 Å². The van der Waals surface area contributed by atoms with Crippen molar-refractivity contribution in [3.8, 4) is 0 Å². The van der Waals surface area contributed by atoms with Gasteiger partial charge in [0.2, 0.25) is 0 Å². The van der Waals surface area contributed by atoms with Gasteiger partial charge in [-0.3, -0.25) is 0 Å². The van der Waals surface area contributed by atoms with Gasteiger partial charge in [-0.25, -0.2) is 0 Å². The summed E-state index contributed by atoms with van der Waals surface area (Å²) in [5, 5.41) is 9.23. The predicted octanol–water partition coefficient (Wildman–Crippen LogP) is 2.40. The third-order valence-electron chi connectivity index (χ3n) is 3.08. The first-order chi connectivity index (χ1) is 7.36. The van der Waals surface area contributed by atoms with Crippen LogP contribution < -0.4 is 10.6 Å². The Kier molecular flexibility index (Phi) is 4.18. The van der Waals surface area contributed by atoms with Gasteiger partial charge < -0.3 is 10.6 Å². The van der Waals surface area contributed by atoms with Crippen molar-refractivity contribution in [2.24, 2.45) is 5.92 Å². The van der Waals surface area contributed by atoms with Crippen LogP contribution >= 0.6 is 11.3 Å². The number of thiophene rings is 1. The minimum Gasteiger partial charge on any atom is -0.316 e. The molecule has 2 heterocycles. The van der Waals surface area contributed by atoms with E-state index in [-0.39, 0.29) is 0 Å². The Labute approximate surface area is 96.1 Å². The van der Waals surface area contributed by atoms with E-state index >= 15 is 0 Å². The number of nitrogens with one attached hydrogen (secondary N) is 2. The average molecular weight is 224 g/mol. The van der Waals surface area contributed by atoms with Crippen molar-refractivity contribution in [1.82, 2.24) is 10.6 Å². The summed E-state index contributed by atoms with van der Waals surface area (Å²) in [6.07, 6.45) is 2.71. The number of hydrogen-bond acceptors (Lipinski definition) is 3. The minimum absolute atomic E-state index is 0.506. The zero-order chi connectivity index (χ0) is 10.5. The van der Waals surface area contributed by atoms with Crippen molar-refractivity contribution in [1.29, 1.82) is 0 Å². The van der Waals surface area contributed by atoms with Crippen LogP contribution in [0.25, 0.3) is 0 Å². The molecule has 1 aromatic heterocycles. The fraction of sp³-hybridized carbons (Fsp3) is 0.667. The molecule has 1 aliphatic rings. The van der Waals surface area contributed by atoms with Crippen LogP contribution in [0.5, 0.6) is 0 Å². The molecular weight excluding hydrogens is 204 g/mol. The van der Waals surface area contributed by atoms with E-state index in [9.17, 15) is 0 Å². The molecule has 0 aliphatic carbocycles. The van der Waals surface area contributed by atoms with Gasteiger partial charge in [-0.05, 0) is 56.8 Å². The first-order valence-electron chi connectivity index (χ1n) is 5.84. The lowest BCUT2D eigenvalue weighted by Crippen LogP contribution is -2.36. The molecule has 84 valence electrons. The third-order valence-corrected chi connectivity index (χ3v) is 4.14. The quantitative estimate of drug-likeness (QED) is 0.820. The van der Waals surface area contributed by atoms with Crippen LogP contribution in [-0.4, -0.2) is 19.6 Å². The zero-order valence-corrected chi connectivity index (χ0v) is 10.1. The molecule has 0 saturated carbocycles. The molecule has 1 aliphatic heterocycles. The Hall–Kier alpha value is -0.380. The van der Waals surface area contributed by atoms with Crippen molar-refractivity contribution in [2.45, 2.75) is 25.8 Å². The standard InChI is InChI=1S/C12H20N2S/c1-10(12-5-3-7-15-12)14-9-11-4-2-6-13-8-11/h3,5,7,10-11,13-14H,2,4,6,8-9H2,1H3/t10-,11+/m1/s1. The van der Waals surface area contributed by atoms with Gasteiger partial charge in [0.1, 0.15) is 0 Å². The molecule has 15 heavy (non-hydrogen) atoms. The fourth-order valence-electron chi connectivity index (χ4n) is 2.08. The molecule has 2 N–H and O–H groups in total. The summed E-state index contributed by atoms with van der Waals surface area (Å²) < 4.78 is 0. The maximum absolute atomic E-state index is 3.63. The maximum Gasteiger partial charge on any atom is 0.0386 e. The predicted molar refractivity (Wildman–Crippen MR) is 66.3 cm³/mol. The van der Waals surface area contributed by atoms with Crippen LogP contribution in [0.4, 0.5) is 0 Å². The van der Waals surface area contributed by atoms with Crippen LogP contribution in [0.15, 0.2) is 17.5 Å². The minimum atomic E-state index is 0.506. The molecule has 2 rings (SSSR count). The van der Waals surface area contributed by atoms with Crippen LogP contribution in [0.1, 0.15) is 30.7 Å². The highest BCUT2D eigenvalue weighted by atomic mass is 32.1. The molecule has 0 bridgehead atoms. The molecule has 0 aromatic carbocycles. The van der Waals surface area contributed by atoms with E-state index in [0.717, 1.165) is 12.5 Å². The van der Waals surface area contributed by atoms with E-state index in [4.69, 9.17) is 0 Å². The lowest BCUT2D eigenvalue weighted by molar-refractivity contribution is 0.349. The molecule has 2 nitrogen and oxygen atoms in total. The summed E-state index contributed by atoms with van der Waals surface area (Å²) in [4.78, 5) is 1.44. The second-order valence-corrected chi connectivity index (χ2v) is 5.34. The highest BCUT2D eigenvalue weighted by Crippen LogP contribution is 2.19. The normalized spacial score (nSPS) is 23.9. The largest absolute Gasteiger partial charge is 0.316 e. The van der Waals surface area contributed by atoms with Crippen LogP contribution in [0.2, 0.25) is 0 Å². The van der Waals surface area contributed by atoms with Gasteiger partial charge in [-0.15, -0.1) is 11.3 Å². The van der Waals surface area contributed by atoms with E-state index in [1.807, 2.05) is 11.3 Å².